The molecule has 0 aliphatic carbocycles. The second-order valence-corrected chi connectivity index (χ2v) is 7.02. The minimum atomic E-state index is -0.269. The number of nitrogens with zero attached hydrogens (tertiary/aromatic N) is 4. The Morgan fingerprint density at radius 3 is 2.46 bits per heavy atom. The van der Waals surface area contributed by atoms with Crippen molar-refractivity contribution in [3.8, 4) is 28.7 Å². The third kappa shape index (κ3) is 3.61. The van der Waals surface area contributed by atoms with Gasteiger partial charge in [-0.15, -0.1) is 11.8 Å². The highest BCUT2D eigenvalue weighted by Gasteiger charge is 2.16. The van der Waals surface area contributed by atoms with Crippen LogP contribution < -0.4 is 5.43 Å². The average Bonchev–Trinajstić information content (AvgIpc) is 3.24. The van der Waals surface area contributed by atoms with E-state index in [2.05, 4.69) is 22.2 Å². The molecule has 0 aliphatic rings. The van der Waals surface area contributed by atoms with E-state index in [0.717, 1.165) is 22.6 Å². The summed E-state index contributed by atoms with van der Waals surface area (Å²) < 4.78 is 6.96. The van der Waals surface area contributed by atoms with Crippen LogP contribution in [0.3, 0.4) is 0 Å². The monoisotopic (exact) mass is 390 g/mol. The van der Waals surface area contributed by atoms with Crippen LogP contribution in [0.5, 0.6) is 0 Å². The number of hydrogen-bond acceptors (Lipinski definition) is 6. The Balaban J connectivity index is 1.69. The molecule has 2 heterocycles. The number of thioether (sulfide) groups is 1. The fourth-order valence-electron chi connectivity index (χ4n) is 2.76. The summed E-state index contributed by atoms with van der Waals surface area (Å²) in [4.78, 5) is 17.8. The molecule has 2 aromatic heterocycles. The maximum absolute atomic E-state index is 12.3. The smallest absolute Gasteiger partial charge is 0.282 e. The first kappa shape index (κ1) is 18.2. The van der Waals surface area contributed by atoms with Gasteiger partial charge in [0.1, 0.15) is 0 Å². The van der Waals surface area contributed by atoms with Gasteiger partial charge in [-0.1, -0.05) is 24.2 Å². The van der Waals surface area contributed by atoms with Crippen LogP contribution in [0, 0.1) is 0 Å². The lowest BCUT2D eigenvalue weighted by Gasteiger charge is -2.06. The van der Waals surface area contributed by atoms with E-state index in [1.54, 1.807) is 22.6 Å². The van der Waals surface area contributed by atoms with Gasteiger partial charge in [-0.05, 0) is 54.6 Å². The molecule has 0 saturated heterocycles. The molecule has 0 atom stereocenters. The van der Waals surface area contributed by atoms with E-state index < -0.39 is 0 Å². The average molecular weight is 390 g/mol. The predicted octanol–water partition coefficient (Wildman–Crippen LogP) is 4.23. The molecule has 0 fully saturated rings. The van der Waals surface area contributed by atoms with Crippen LogP contribution in [0.2, 0.25) is 0 Å². The minimum Gasteiger partial charge on any atom is -0.332 e. The normalized spacial score (nSPS) is 10.9. The zero-order valence-corrected chi connectivity index (χ0v) is 16.3. The van der Waals surface area contributed by atoms with Gasteiger partial charge in [0.05, 0.1) is 5.69 Å². The van der Waals surface area contributed by atoms with Crippen molar-refractivity contribution >= 4 is 11.8 Å². The molecule has 0 saturated carbocycles. The van der Waals surface area contributed by atoms with E-state index in [9.17, 15) is 4.79 Å². The molecule has 0 spiro atoms. The van der Waals surface area contributed by atoms with Crippen molar-refractivity contribution in [1.82, 2.24) is 19.9 Å². The highest BCUT2D eigenvalue weighted by Crippen LogP contribution is 2.22. The number of aryl methyl sites for hydroxylation is 1. The molecular formula is C21H18N4O2S. The second-order valence-electron chi connectivity index (χ2n) is 6.14. The van der Waals surface area contributed by atoms with Crippen molar-refractivity contribution in [3.05, 3.63) is 76.6 Å². The molecule has 4 aromatic rings. The van der Waals surface area contributed by atoms with Crippen molar-refractivity contribution in [3.63, 3.8) is 0 Å². The summed E-state index contributed by atoms with van der Waals surface area (Å²) in [6, 6.07) is 17.3. The Kier molecular flexibility index (Phi) is 5.08. The highest BCUT2D eigenvalue weighted by atomic mass is 32.2. The number of rotatable bonds is 5. The fraction of sp³-hybridized carbons (Fsp3) is 0.143. The van der Waals surface area contributed by atoms with Crippen LogP contribution in [-0.4, -0.2) is 26.2 Å². The van der Waals surface area contributed by atoms with Crippen LogP contribution in [0.4, 0.5) is 0 Å². The Morgan fingerprint density at radius 1 is 1.04 bits per heavy atom. The molecule has 0 amide bonds. The van der Waals surface area contributed by atoms with E-state index in [4.69, 9.17) is 4.52 Å². The maximum Gasteiger partial charge on any atom is 0.282 e. The summed E-state index contributed by atoms with van der Waals surface area (Å²) in [6.07, 6.45) is 4.61. The van der Waals surface area contributed by atoms with E-state index >= 15 is 0 Å². The Labute approximate surface area is 166 Å². The summed E-state index contributed by atoms with van der Waals surface area (Å²) in [5.41, 5.74) is 2.76. The standard InChI is InChI=1S/C21H18N4O2S/c1-3-14-4-8-16(9-5-14)25-13-12-18(26)19(23-25)21-22-20(24-27-21)15-6-10-17(28-2)11-7-15/h4-13H,3H2,1-2H3. The summed E-state index contributed by atoms with van der Waals surface area (Å²) in [5, 5.41) is 8.41. The van der Waals surface area contributed by atoms with Crippen molar-refractivity contribution in [2.75, 3.05) is 6.26 Å². The lowest BCUT2D eigenvalue weighted by Crippen LogP contribution is -2.12. The van der Waals surface area contributed by atoms with Crippen molar-refractivity contribution in [1.29, 1.82) is 0 Å². The molecular weight excluding hydrogens is 372 g/mol. The van der Waals surface area contributed by atoms with Crippen LogP contribution >= 0.6 is 11.8 Å². The Bertz CT molecular complexity index is 1150. The highest BCUT2D eigenvalue weighted by molar-refractivity contribution is 7.98. The zero-order valence-electron chi connectivity index (χ0n) is 15.5. The van der Waals surface area contributed by atoms with Crippen LogP contribution in [0.25, 0.3) is 28.7 Å². The molecule has 0 aliphatic heterocycles. The molecule has 0 N–H and O–H groups in total. The summed E-state index contributed by atoms with van der Waals surface area (Å²) >= 11 is 1.66. The van der Waals surface area contributed by atoms with E-state index in [1.165, 1.54) is 11.6 Å². The van der Waals surface area contributed by atoms with Crippen molar-refractivity contribution in [2.24, 2.45) is 0 Å². The van der Waals surface area contributed by atoms with Gasteiger partial charge in [-0.3, -0.25) is 4.79 Å². The third-order valence-electron chi connectivity index (χ3n) is 4.39. The van der Waals surface area contributed by atoms with E-state index in [1.807, 2.05) is 54.8 Å². The minimum absolute atomic E-state index is 0.105. The number of aromatic nitrogens is 4. The zero-order chi connectivity index (χ0) is 19.5. The topological polar surface area (TPSA) is 73.8 Å². The molecule has 28 heavy (non-hydrogen) atoms. The van der Waals surface area contributed by atoms with Gasteiger partial charge in [-0.25, -0.2) is 4.68 Å². The molecule has 4 rings (SSSR count). The lowest BCUT2D eigenvalue weighted by atomic mass is 10.1. The van der Waals surface area contributed by atoms with Crippen molar-refractivity contribution in [2.45, 2.75) is 18.2 Å². The number of hydrogen-bond donors (Lipinski definition) is 0. The van der Waals surface area contributed by atoms with Crippen molar-refractivity contribution < 1.29 is 4.52 Å². The molecule has 2 aromatic carbocycles. The van der Waals surface area contributed by atoms with Gasteiger partial charge in [0, 0.05) is 22.7 Å². The lowest BCUT2D eigenvalue weighted by molar-refractivity contribution is 0.429. The predicted molar refractivity (Wildman–Crippen MR) is 110 cm³/mol. The molecule has 140 valence electrons. The summed E-state index contributed by atoms with van der Waals surface area (Å²) in [5.74, 6) is 0.528. The molecule has 0 radical (unpaired) electrons. The van der Waals surface area contributed by atoms with Gasteiger partial charge >= 0.3 is 0 Å². The third-order valence-corrected chi connectivity index (χ3v) is 5.14. The van der Waals surface area contributed by atoms with Gasteiger partial charge in [0.15, 0.2) is 5.69 Å². The Morgan fingerprint density at radius 2 is 1.79 bits per heavy atom. The quantitative estimate of drug-likeness (QED) is 0.475. The SMILES string of the molecule is CCc1ccc(-n2ccc(=O)c(-c3nc(-c4ccc(SC)cc4)no3)n2)cc1. The molecule has 7 heteroatoms. The first-order valence-corrected chi connectivity index (χ1v) is 10.1. The van der Waals surface area contributed by atoms with E-state index in [-0.39, 0.29) is 17.0 Å². The maximum atomic E-state index is 12.3. The molecule has 6 nitrogen and oxygen atoms in total. The molecule has 0 unspecified atom stereocenters. The fourth-order valence-corrected chi connectivity index (χ4v) is 3.17. The first-order chi connectivity index (χ1) is 13.7. The van der Waals surface area contributed by atoms with Crippen LogP contribution in [0.1, 0.15) is 12.5 Å². The van der Waals surface area contributed by atoms with Crippen LogP contribution in [0.15, 0.2) is 75.0 Å². The largest absolute Gasteiger partial charge is 0.332 e. The van der Waals surface area contributed by atoms with Gasteiger partial charge in [0.2, 0.25) is 11.3 Å². The number of benzene rings is 2. The summed E-state index contributed by atoms with van der Waals surface area (Å²) in [7, 11) is 0. The first-order valence-electron chi connectivity index (χ1n) is 8.85. The van der Waals surface area contributed by atoms with Gasteiger partial charge < -0.3 is 4.52 Å². The van der Waals surface area contributed by atoms with Crippen LogP contribution in [-0.2, 0) is 6.42 Å². The molecule has 0 bridgehead atoms. The Hall–Kier alpha value is -3.19. The van der Waals surface area contributed by atoms with Gasteiger partial charge in [-0.2, -0.15) is 10.1 Å². The second kappa shape index (κ2) is 7.82. The summed E-state index contributed by atoms with van der Waals surface area (Å²) in [6.45, 7) is 2.10. The van der Waals surface area contributed by atoms with E-state index in [0.29, 0.717) is 5.82 Å². The van der Waals surface area contributed by atoms with Gasteiger partial charge in [0.25, 0.3) is 5.89 Å².